The van der Waals surface area contributed by atoms with Crippen LogP contribution in [-0.4, -0.2) is 43.6 Å². The van der Waals surface area contributed by atoms with Crippen molar-refractivity contribution in [3.05, 3.63) is 11.3 Å². The lowest BCUT2D eigenvalue weighted by molar-refractivity contribution is 0.204. The van der Waals surface area contributed by atoms with Gasteiger partial charge in [-0.15, -0.1) is 0 Å². The van der Waals surface area contributed by atoms with Gasteiger partial charge in [0.05, 0.1) is 12.3 Å². The van der Waals surface area contributed by atoms with Crippen LogP contribution in [0.5, 0.6) is 0 Å². The Kier molecular flexibility index (Phi) is 6.31. The first-order chi connectivity index (χ1) is 9.01. The highest BCUT2D eigenvalue weighted by molar-refractivity contribution is 5.50. The van der Waals surface area contributed by atoms with Gasteiger partial charge < -0.3 is 15.0 Å². The van der Waals surface area contributed by atoms with Gasteiger partial charge in [-0.2, -0.15) is 5.10 Å². The average molecular weight is 268 g/mol. The molecule has 0 radical (unpaired) electrons. The van der Waals surface area contributed by atoms with Crippen molar-refractivity contribution in [1.29, 1.82) is 0 Å². The highest BCUT2D eigenvalue weighted by Gasteiger charge is 2.19. The molecule has 0 aliphatic heterocycles. The van der Waals surface area contributed by atoms with E-state index in [4.69, 9.17) is 4.74 Å². The first kappa shape index (κ1) is 16.0. The van der Waals surface area contributed by atoms with Crippen LogP contribution in [0.25, 0.3) is 0 Å². The van der Waals surface area contributed by atoms with Crippen LogP contribution in [-0.2, 0) is 18.3 Å². The minimum atomic E-state index is 0.606. The minimum absolute atomic E-state index is 0.606. The second-order valence-electron chi connectivity index (χ2n) is 5.37. The van der Waals surface area contributed by atoms with E-state index >= 15 is 0 Å². The Morgan fingerprint density at radius 2 is 2.11 bits per heavy atom. The summed E-state index contributed by atoms with van der Waals surface area (Å²) in [5.74, 6) is 1.81. The summed E-state index contributed by atoms with van der Waals surface area (Å²) in [4.78, 5) is 2.38. The molecule has 1 rings (SSSR count). The third-order valence-electron chi connectivity index (χ3n) is 3.12. The Hall–Kier alpha value is -1.07. The Morgan fingerprint density at radius 3 is 2.63 bits per heavy atom. The number of aromatic nitrogens is 2. The zero-order valence-electron chi connectivity index (χ0n) is 13.2. The number of nitrogens with zero attached hydrogens (tertiary/aromatic N) is 3. The molecule has 1 aromatic rings. The van der Waals surface area contributed by atoms with Gasteiger partial charge in [-0.05, 0) is 19.9 Å². The topological polar surface area (TPSA) is 42.3 Å². The molecule has 1 N–H and O–H groups in total. The van der Waals surface area contributed by atoms with Crippen LogP contribution in [0.2, 0.25) is 0 Å². The molecule has 1 heterocycles. The molecule has 1 aromatic heterocycles. The molecular formula is C14H28N4O. The van der Waals surface area contributed by atoms with Crippen LogP contribution in [0, 0.1) is 12.8 Å². The van der Waals surface area contributed by atoms with Gasteiger partial charge in [-0.25, -0.2) is 0 Å². The maximum atomic E-state index is 5.23. The fourth-order valence-corrected chi connectivity index (χ4v) is 2.40. The molecule has 0 amide bonds. The van der Waals surface area contributed by atoms with Crippen molar-refractivity contribution < 1.29 is 4.74 Å². The van der Waals surface area contributed by atoms with Crippen molar-refractivity contribution in [2.45, 2.75) is 27.3 Å². The minimum Gasteiger partial charge on any atom is -0.383 e. The van der Waals surface area contributed by atoms with Crippen LogP contribution in [0.15, 0.2) is 0 Å². The molecule has 0 bridgehead atoms. The molecule has 5 heteroatoms. The summed E-state index contributed by atoms with van der Waals surface area (Å²) in [6.07, 6.45) is 0. The van der Waals surface area contributed by atoms with E-state index < -0.39 is 0 Å². The van der Waals surface area contributed by atoms with Crippen LogP contribution in [0.4, 0.5) is 5.82 Å². The summed E-state index contributed by atoms with van der Waals surface area (Å²) in [7, 11) is 5.73. The third kappa shape index (κ3) is 4.21. The van der Waals surface area contributed by atoms with Crippen LogP contribution in [0.1, 0.15) is 25.1 Å². The highest BCUT2D eigenvalue weighted by Crippen LogP contribution is 2.24. The van der Waals surface area contributed by atoms with Gasteiger partial charge in [-0.1, -0.05) is 13.8 Å². The Morgan fingerprint density at radius 1 is 1.42 bits per heavy atom. The Bertz CT molecular complexity index is 387. The second-order valence-corrected chi connectivity index (χ2v) is 5.37. The van der Waals surface area contributed by atoms with Crippen molar-refractivity contribution in [2.24, 2.45) is 13.0 Å². The summed E-state index contributed by atoms with van der Waals surface area (Å²) >= 11 is 0. The van der Waals surface area contributed by atoms with E-state index in [9.17, 15) is 0 Å². The Balaban J connectivity index is 3.05. The van der Waals surface area contributed by atoms with Gasteiger partial charge in [-0.3, -0.25) is 4.68 Å². The van der Waals surface area contributed by atoms with Crippen LogP contribution >= 0.6 is 0 Å². The van der Waals surface area contributed by atoms with Crippen LogP contribution < -0.4 is 10.2 Å². The molecule has 0 saturated carbocycles. The second kappa shape index (κ2) is 7.50. The number of ether oxygens (including phenoxy) is 1. The zero-order chi connectivity index (χ0) is 14.4. The van der Waals surface area contributed by atoms with Gasteiger partial charge in [0.15, 0.2) is 0 Å². The normalized spacial score (nSPS) is 11.3. The smallest absolute Gasteiger partial charge is 0.131 e. The fraction of sp³-hybridized carbons (Fsp3) is 0.786. The average Bonchev–Trinajstić information content (AvgIpc) is 2.60. The summed E-state index contributed by atoms with van der Waals surface area (Å²) in [6, 6.07) is 0. The maximum Gasteiger partial charge on any atom is 0.131 e. The lowest BCUT2D eigenvalue weighted by Gasteiger charge is -2.27. The van der Waals surface area contributed by atoms with E-state index in [2.05, 4.69) is 36.1 Å². The summed E-state index contributed by atoms with van der Waals surface area (Å²) in [5.41, 5.74) is 2.37. The number of hydrogen-bond acceptors (Lipinski definition) is 4. The monoisotopic (exact) mass is 268 g/mol. The van der Waals surface area contributed by atoms with Gasteiger partial charge >= 0.3 is 0 Å². The van der Waals surface area contributed by atoms with Crippen molar-refractivity contribution in [1.82, 2.24) is 15.1 Å². The zero-order valence-corrected chi connectivity index (χ0v) is 13.2. The van der Waals surface area contributed by atoms with E-state index in [0.29, 0.717) is 5.92 Å². The number of rotatable bonds is 8. The van der Waals surface area contributed by atoms with E-state index in [1.165, 1.54) is 11.4 Å². The SMILES string of the molecule is CNCc1c(C)nn(C)c1N(CCOC)CC(C)C. The predicted molar refractivity (Wildman–Crippen MR) is 79.6 cm³/mol. The quantitative estimate of drug-likeness (QED) is 0.777. The standard InChI is InChI=1S/C14H28N4O/c1-11(2)10-18(7-8-19-6)14-13(9-15-4)12(3)16-17(14)5/h11,15H,7-10H2,1-6H3. The number of methoxy groups -OCH3 is 1. The van der Waals surface area contributed by atoms with Gasteiger partial charge in [0.25, 0.3) is 0 Å². The van der Waals surface area contributed by atoms with Crippen LogP contribution in [0.3, 0.4) is 0 Å². The van der Waals surface area contributed by atoms with Crippen molar-refractivity contribution in [3.63, 3.8) is 0 Å². The first-order valence-electron chi connectivity index (χ1n) is 6.92. The third-order valence-corrected chi connectivity index (χ3v) is 3.12. The number of anilines is 1. The van der Waals surface area contributed by atoms with E-state index in [-0.39, 0.29) is 0 Å². The van der Waals surface area contributed by atoms with E-state index in [1.807, 2.05) is 18.8 Å². The van der Waals surface area contributed by atoms with Crippen molar-refractivity contribution in [3.8, 4) is 0 Å². The first-order valence-corrected chi connectivity index (χ1v) is 6.92. The summed E-state index contributed by atoms with van der Waals surface area (Å²) < 4.78 is 7.22. The van der Waals surface area contributed by atoms with Crippen molar-refractivity contribution in [2.75, 3.05) is 38.8 Å². The summed E-state index contributed by atoms with van der Waals surface area (Å²) in [5, 5.41) is 7.79. The Labute approximate surface area is 116 Å². The van der Waals surface area contributed by atoms with Gasteiger partial charge in [0.1, 0.15) is 5.82 Å². The fourth-order valence-electron chi connectivity index (χ4n) is 2.40. The lowest BCUT2D eigenvalue weighted by Crippen LogP contribution is -2.33. The molecule has 0 fully saturated rings. The van der Waals surface area contributed by atoms with E-state index in [1.54, 1.807) is 7.11 Å². The van der Waals surface area contributed by atoms with Crippen molar-refractivity contribution >= 4 is 5.82 Å². The maximum absolute atomic E-state index is 5.23. The molecule has 0 aliphatic carbocycles. The molecule has 0 atom stereocenters. The van der Waals surface area contributed by atoms with Gasteiger partial charge in [0, 0.05) is 39.4 Å². The molecule has 110 valence electrons. The molecule has 0 unspecified atom stereocenters. The molecule has 19 heavy (non-hydrogen) atoms. The molecule has 0 aliphatic rings. The summed E-state index contributed by atoms with van der Waals surface area (Å²) in [6.45, 7) is 10.0. The number of nitrogens with one attached hydrogen (secondary N) is 1. The molecule has 5 nitrogen and oxygen atoms in total. The number of hydrogen-bond donors (Lipinski definition) is 1. The molecule has 0 saturated heterocycles. The largest absolute Gasteiger partial charge is 0.383 e. The molecule has 0 aromatic carbocycles. The lowest BCUT2D eigenvalue weighted by atomic mass is 10.1. The number of aryl methyl sites for hydroxylation is 2. The van der Waals surface area contributed by atoms with Gasteiger partial charge in [0.2, 0.25) is 0 Å². The molecule has 0 spiro atoms. The van der Waals surface area contributed by atoms with E-state index in [0.717, 1.165) is 31.9 Å². The predicted octanol–water partition coefficient (Wildman–Crippen LogP) is 1.56. The highest BCUT2D eigenvalue weighted by atomic mass is 16.5. The molecular weight excluding hydrogens is 240 g/mol.